The smallest absolute Gasteiger partial charge is 0.338 e. The highest BCUT2D eigenvalue weighted by Crippen LogP contribution is 2.31. The van der Waals surface area contributed by atoms with Gasteiger partial charge in [-0.1, -0.05) is 52.3 Å². The van der Waals surface area contributed by atoms with Gasteiger partial charge in [-0.05, 0) is 24.3 Å². The summed E-state index contributed by atoms with van der Waals surface area (Å²) in [7, 11) is 0. The number of halogens is 2. The molecule has 0 bridgehead atoms. The van der Waals surface area contributed by atoms with Crippen molar-refractivity contribution in [2.24, 2.45) is 0 Å². The van der Waals surface area contributed by atoms with Crippen molar-refractivity contribution in [3.8, 4) is 0 Å². The molecule has 5 nitrogen and oxygen atoms in total. The van der Waals surface area contributed by atoms with Crippen molar-refractivity contribution in [1.29, 1.82) is 0 Å². The topological polar surface area (TPSA) is 61.8 Å². The second-order valence-electron chi connectivity index (χ2n) is 5.67. The van der Waals surface area contributed by atoms with Crippen molar-refractivity contribution in [1.82, 2.24) is 0 Å². The quantitative estimate of drug-likeness (QED) is 0.544. The number of alkyl halides is 2. The first-order valence-corrected chi connectivity index (χ1v) is 8.89. The molecule has 4 atom stereocenters. The van der Waals surface area contributed by atoms with Crippen LogP contribution in [-0.2, 0) is 14.2 Å². The molecule has 3 rings (SSSR count). The van der Waals surface area contributed by atoms with E-state index in [9.17, 15) is 14.0 Å². The van der Waals surface area contributed by atoms with Crippen LogP contribution in [0.2, 0.25) is 0 Å². The molecule has 2 aromatic carbocycles. The average Bonchev–Trinajstić information content (AvgIpc) is 2.95. The third-order valence-corrected chi connectivity index (χ3v) is 4.60. The van der Waals surface area contributed by atoms with Gasteiger partial charge in [0.25, 0.3) is 0 Å². The Balaban J connectivity index is 1.63. The average molecular weight is 423 g/mol. The van der Waals surface area contributed by atoms with Gasteiger partial charge in [0.2, 0.25) is 0 Å². The zero-order valence-electron chi connectivity index (χ0n) is 13.6. The molecule has 136 valence electrons. The molecular formula is C19H16BrFO5. The number of carbonyl (C=O) groups is 2. The van der Waals surface area contributed by atoms with Gasteiger partial charge in [0.05, 0.1) is 11.1 Å². The van der Waals surface area contributed by atoms with E-state index in [1.807, 2.05) is 0 Å². The standard InChI is InChI=1S/C19H16BrFO5/c20-17-15(21)16(26-19(23)13-9-5-2-6-10-13)14(25-17)11-24-18(22)12-7-3-1-4-8-12/h1-10,14-17H,11H2/t14-,15+,16-,17?/m1/s1. The Hall–Kier alpha value is -2.25. The van der Waals surface area contributed by atoms with Crippen LogP contribution in [0.5, 0.6) is 0 Å². The van der Waals surface area contributed by atoms with Crippen LogP contribution in [-0.4, -0.2) is 41.9 Å². The number of benzene rings is 2. The van der Waals surface area contributed by atoms with E-state index in [0.717, 1.165) is 0 Å². The first-order chi connectivity index (χ1) is 12.6. The minimum Gasteiger partial charge on any atom is -0.459 e. The van der Waals surface area contributed by atoms with Crippen LogP contribution < -0.4 is 0 Å². The Morgan fingerprint density at radius 2 is 1.50 bits per heavy atom. The summed E-state index contributed by atoms with van der Waals surface area (Å²) in [4.78, 5) is 24.2. The van der Waals surface area contributed by atoms with E-state index in [1.165, 1.54) is 0 Å². The van der Waals surface area contributed by atoms with E-state index in [4.69, 9.17) is 14.2 Å². The monoisotopic (exact) mass is 422 g/mol. The molecule has 1 fully saturated rings. The fourth-order valence-corrected chi connectivity index (χ4v) is 3.11. The van der Waals surface area contributed by atoms with E-state index >= 15 is 0 Å². The molecule has 2 aromatic rings. The lowest BCUT2D eigenvalue weighted by atomic mass is 10.1. The van der Waals surface area contributed by atoms with Gasteiger partial charge in [-0.15, -0.1) is 0 Å². The van der Waals surface area contributed by atoms with Gasteiger partial charge in [-0.25, -0.2) is 14.0 Å². The molecule has 26 heavy (non-hydrogen) atoms. The Morgan fingerprint density at radius 1 is 0.962 bits per heavy atom. The maximum Gasteiger partial charge on any atom is 0.338 e. The fourth-order valence-electron chi connectivity index (χ4n) is 2.53. The van der Waals surface area contributed by atoms with Crippen LogP contribution in [0.4, 0.5) is 4.39 Å². The van der Waals surface area contributed by atoms with Crippen LogP contribution in [0.1, 0.15) is 20.7 Å². The summed E-state index contributed by atoms with van der Waals surface area (Å²) < 4.78 is 30.2. The molecule has 1 saturated heterocycles. The van der Waals surface area contributed by atoms with Gasteiger partial charge >= 0.3 is 11.9 Å². The largest absolute Gasteiger partial charge is 0.459 e. The number of rotatable bonds is 5. The van der Waals surface area contributed by atoms with Crippen LogP contribution in [0, 0.1) is 0 Å². The second kappa shape index (κ2) is 8.42. The highest BCUT2D eigenvalue weighted by molar-refractivity contribution is 9.09. The fraction of sp³-hybridized carbons (Fsp3) is 0.263. The predicted octanol–water partition coefficient (Wildman–Crippen LogP) is 3.53. The number of ether oxygens (including phenoxy) is 3. The molecular weight excluding hydrogens is 407 g/mol. The van der Waals surface area contributed by atoms with Gasteiger partial charge in [0.15, 0.2) is 12.3 Å². The molecule has 7 heteroatoms. The highest BCUT2D eigenvalue weighted by Gasteiger charge is 2.47. The molecule has 0 N–H and O–H groups in total. The van der Waals surface area contributed by atoms with Crippen LogP contribution >= 0.6 is 15.9 Å². The lowest BCUT2D eigenvalue weighted by Gasteiger charge is -2.19. The molecule has 1 unspecified atom stereocenters. The Morgan fingerprint density at radius 3 is 2.08 bits per heavy atom. The van der Waals surface area contributed by atoms with Crippen molar-refractivity contribution >= 4 is 27.9 Å². The van der Waals surface area contributed by atoms with Crippen molar-refractivity contribution in [2.45, 2.75) is 23.4 Å². The van der Waals surface area contributed by atoms with Crippen LogP contribution in [0.25, 0.3) is 0 Å². The SMILES string of the molecule is O=C(OC[C@H]1OC(Br)[C@@H](F)[C@@H]1OC(=O)c1ccccc1)c1ccccc1. The second-order valence-corrected chi connectivity index (χ2v) is 6.57. The van der Waals surface area contributed by atoms with Gasteiger partial charge in [0.1, 0.15) is 17.7 Å². The van der Waals surface area contributed by atoms with Gasteiger partial charge in [0, 0.05) is 0 Å². The Bertz CT molecular complexity index is 755. The molecule has 0 radical (unpaired) electrons. The van der Waals surface area contributed by atoms with Gasteiger partial charge in [-0.3, -0.25) is 0 Å². The summed E-state index contributed by atoms with van der Waals surface area (Å²) in [6.07, 6.45) is -3.67. The number of hydrogen-bond acceptors (Lipinski definition) is 5. The van der Waals surface area contributed by atoms with E-state index in [-0.39, 0.29) is 6.61 Å². The van der Waals surface area contributed by atoms with Crippen molar-refractivity contribution in [3.05, 3.63) is 71.8 Å². The van der Waals surface area contributed by atoms with E-state index < -0.39 is 35.3 Å². The number of esters is 2. The van der Waals surface area contributed by atoms with Crippen molar-refractivity contribution < 1.29 is 28.2 Å². The number of hydrogen-bond donors (Lipinski definition) is 0. The maximum absolute atomic E-state index is 14.4. The lowest BCUT2D eigenvalue weighted by Crippen LogP contribution is -2.37. The first kappa shape index (κ1) is 18.5. The normalized spacial score (nSPS) is 24.8. The van der Waals surface area contributed by atoms with E-state index in [2.05, 4.69) is 15.9 Å². The minimum absolute atomic E-state index is 0.233. The molecule has 0 saturated carbocycles. The number of carbonyl (C=O) groups excluding carboxylic acids is 2. The molecule has 0 aromatic heterocycles. The molecule has 1 aliphatic rings. The van der Waals surface area contributed by atoms with Crippen molar-refractivity contribution in [2.75, 3.05) is 6.61 Å². The zero-order chi connectivity index (χ0) is 18.5. The molecule has 0 aliphatic carbocycles. The zero-order valence-corrected chi connectivity index (χ0v) is 15.2. The molecule has 0 amide bonds. The molecule has 0 spiro atoms. The molecule has 1 aliphatic heterocycles. The van der Waals surface area contributed by atoms with Crippen molar-refractivity contribution in [3.63, 3.8) is 0 Å². The van der Waals surface area contributed by atoms with Gasteiger partial charge < -0.3 is 14.2 Å². The minimum atomic E-state index is -1.58. The highest BCUT2D eigenvalue weighted by atomic mass is 79.9. The summed E-state index contributed by atoms with van der Waals surface area (Å²) in [5.41, 5.74) is 0.674. The maximum atomic E-state index is 14.4. The first-order valence-electron chi connectivity index (χ1n) is 7.98. The summed E-state index contributed by atoms with van der Waals surface area (Å²) >= 11 is 3.05. The third-order valence-electron chi connectivity index (χ3n) is 3.88. The van der Waals surface area contributed by atoms with E-state index in [0.29, 0.717) is 11.1 Å². The summed E-state index contributed by atoms with van der Waals surface area (Å²) in [5.74, 6) is -1.22. The summed E-state index contributed by atoms with van der Waals surface area (Å²) in [6.45, 7) is -0.233. The van der Waals surface area contributed by atoms with Gasteiger partial charge in [-0.2, -0.15) is 0 Å². The Kier molecular flexibility index (Phi) is 6.00. The molecule has 1 heterocycles. The predicted molar refractivity (Wildman–Crippen MR) is 94.9 cm³/mol. The Labute approximate surface area is 158 Å². The summed E-state index contributed by atoms with van der Waals surface area (Å²) in [6, 6.07) is 16.7. The van der Waals surface area contributed by atoms with E-state index in [1.54, 1.807) is 60.7 Å². The lowest BCUT2D eigenvalue weighted by molar-refractivity contribution is -0.0342. The summed E-state index contributed by atoms with van der Waals surface area (Å²) in [5, 5.41) is -0.948. The third kappa shape index (κ3) is 4.28. The van der Waals surface area contributed by atoms with Crippen LogP contribution in [0.3, 0.4) is 0 Å². The van der Waals surface area contributed by atoms with Crippen LogP contribution in [0.15, 0.2) is 60.7 Å².